The largest absolute Gasteiger partial charge is 0.394 e. The third kappa shape index (κ3) is 17.8. The maximum absolute atomic E-state index is 11.1. The molecule has 0 bridgehead atoms. The molecule has 3 heterocycles. The lowest BCUT2D eigenvalue weighted by atomic mass is 9.84. The number of hydrogen-bond donors (Lipinski definition) is 19. The molecule has 4 rings (SSSR count). The third-order valence-corrected chi connectivity index (χ3v) is 8.37. The first-order valence-corrected chi connectivity index (χ1v) is 20.2. The van der Waals surface area contributed by atoms with Crippen LogP contribution in [0, 0.1) is 0 Å². The molecule has 1 aliphatic carbocycles. The van der Waals surface area contributed by atoms with Gasteiger partial charge in [-0.2, -0.15) is 25.3 Å². The van der Waals surface area contributed by atoms with Crippen LogP contribution in [0.5, 0.6) is 0 Å². The van der Waals surface area contributed by atoms with Crippen LogP contribution >= 0.6 is 0 Å². The molecular formula is C23H52N6O25S3. The van der Waals surface area contributed by atoms with Crippen LogP contribution in [0.2, 0.25) is 0 Å². The van der Waals surface area contributed by atoms with E-state index >= 15 is 0 Å². The normalized spacial score (nSPS) is 42.7. The highest BCUT2D eigenvalue weighted by Crippen LogP contribution is 2.34. The first-order chi connectivity index (χ1) is 25.8. The molecule has 4 aliphatic rings. The summed E-state index contributed by atoms with van der Waals surface area (Å²) in [6, 6.07) is -4.18. The number of ether oxygens (including phenoxy) is 6. The second-order valence-electron chi connectivity index (χ2n) is 12.6. The zero-order valence-electron chi connectivity index (χ0n) is 29.2. The van der Waals surface area contributed by atoms with E-state index in [9.17, 15) is 35.7 Å². The molecule has 4 fully saturated rings. The van der Waals surface area contributed by atoms with Gasteiger partial charge in [0, 0.05) is 25.2 Å². The Bertz CT molecular complexity index is 1440. The van der Waals surface area contributed by atoms with Gasteiger partial charge in [-0.05, 0) is 6.42 Å². The van der Waals surface area contributed by atoms with Gasteiger partial charge in [0.1, 0.15) is 67.1 Å². The van der Waals surface area contributed by atoms with E-state index in [2.05, 4.69) is 0 Å². The molecule has 57 heavy (non-hydrogen) atoms. The minimum absolute atomic E-state index is 0.0889. The van der Waals surface area contributed by atoms with Gasteiger partial charge in [-0.1, -0.05) is 0 Å². The van der Waals surface area contributed by atoms with Gasteiger partial charge in [-0.25, -0.2) is 0 Å². The monoisotopic (exact) mass is 908 g/mol. The van der Waals surface area contributed by atoms with Gasteiger partial charge in [0.2, 0.25) is 0 Å². The molecular weight excluding hydrogens is 856 g/mol. The zero-order valence-corrected chi connectivity index (χ0v) is 31.6. The minimum atomic E-state index is -4.67. The summed E-state index contributed by atoms with van der Waals surface area (Å²) < 4.78 is 129. The Balaban J connectivity index is 0.000000921. The molecule has 0 amide bonds. The van der Waals surface area contributed by atoms with Gasteiger partial charge in [-0.3, -0.25) is 27.3 Å². The predicted molar refractivity (Wildman–Crippen MR) is 181 cm³/mol. The molecule has 3 aliphatic heterocycles. The first-order valence-electron chi connectivity index (χ1n) is 16.0. The molecule has 3 saturated heterocycles. The fourth-order valence-electron chi connectivity index (χ4n) is 5.74. The van der Waals surface area contributed by atoms with Gasteiger partial charge in [0.05, 0.1) is 24.8 Å². The fraction of sp³-hybridized carbons (Fsp3) is 1.00. The van der Waals surface area contributed by atoms with Crippen molar-refractivity contribution in [3.05, 3.63) is 0 Å². The van der Waals surface area contributed by atoms with E-state index in [0.717, 1.165) is 0 Å². The number of nitrogens with two attached hydrogens (primary N) is 6. The molecule has 0 aromatic carbocycles. The van der Waals surface area contributed by atoms with Crippen molar-refractivity contribution in [2.24, 2.45) is 34.4 Å². The van der Waals surface area contributed by atoms with Gasteiger partial charge >= 0.3 is 31.2 Å². The van der Waals surface area contributed by atoms with Crippen molar-refractivity contribution in [3.63, 3.8) is 0 Å². The summed E-state index contributed by atoms with van der Waals surface area (Å²) in [6.45, 7) is -0.967. The van der Waals surface area contributed by atoms with Crippen LogP contribution in [0.1, 0.15) is 6.42 Å². The zero-order chi connectivity index (χ0) is 44.5. The highest BCUT2D eigenvalue weighted by atomic mass is 32.3. The molecule has 1 unspecified atom stereocenters. The molecule has 0 spiro atoms. The van der Waals surface area contributed by atoms with Crippen molar-refractivity contribution < 1.29 is 117 Å². The van der Waals surface area contributed by atoms with Crippen molar-refractivity contribution >= 4 is 31.2 Å². The Morgan fingerprint density at radius 3 is 1.16 bits per heavy atom. The van der Waals surface area contributed by atoms with Crippen LogP contribution in [0.3, 0.4) is 0 Å². The number of aliphatic hydroxyl groups excluding tert-OH is 7. The van der Waals surface area contributed by atoms with E-state index < -0.39 is 154 Å². The molecule has 342 valence electrons. The lowest BCUT2D eigenvalue weighted by Gasteiger charge is -2.47. The molecule has 19 atom stereocenters. The van der Waals surface area contributed by atoms with Crippen LogP contribution < -0.4 is 34.4 Å². The Morgan fingerprint density at radius 1 is 0.474 bits per heavy atom. The van der Waals surface area contributed by atoms with E-state index in [0.29, 0.717) is 0 Å². The Kier molecular flexibility index (Phi) is 21.4. The van der Waals surface area contributed by atoms with Gasteiger partial charge in [0.15, 0.2) is 18.9 Å². The number of aliphatic hydroxyl groups is 7. The smallest absolute Gasteiger partial charge is 0.394 e. The van der Waals surface area contributed by atoms with Crippen molar-refractivity contribution in [2.75, 3.05) is 19.7 Å². The second kappa shape index (κ2) is 22.6. The van der Waals surface area contributed by atoms with Crippen LogP contribution in [-0.2, 0) is 59.6 Å². The maximum Gasteiger partial charge on any atom is 0.394 e. The summed E-state index contributed by atoms with van der Waals surface area (Å²) in [6.07, 6.45) is -19.8. The summed E-state index contributed by atoms with van der Waals surface area (Å²) in [5.41, 5.74) is 35.6. The second-order valence-corrected chi connectivity index (χ2v) is 15.3. The van der Waals surface area contributed by atoms with E-state index in [1.165, 1.54) is 0 Å². The van der Waals surface area contributed by atoms with Crippen molar-refractivity contribution in [2.45, 2.75) is 123 Å². The third-order valence-electron chi connectivity index (χ3n) is 8.37. The van der Waals surface area contributed by atoms with Crippen molar-refractivity contribution in [3.8, 4) is 0 Å². The molecule has 0 aromatic rings. The Labute approximate surface area is 324 Å². The Hall–Kier alpha value is -1.15. The first kappa shape index (κ1) is 53.9. The standard InChI is InChI=1S/C23H46N6O13.3H2O4S/c24-2-7-13(32)15(34)10(28)21(37-7)40-18-6(27)1-5(26)12(31)20(18)42-23-17(36)19(9(4-30)39-23)41-22-11(29)16(35)14(33)8(3-25)38-22;3*1-5(2,3)4/h5-23,30-36H,1-4,24-29H2;3*(H2,1,2,3,4)/t5-,6+,7-,8+,9-,10-,11-,12+,13+,14+,15-,16-,17-,18-,19+,20+,21-,22?,23+;;;/m1.../s1. The van der Waals surface area contributed by atoms with E-state index in [-0.39, 0.29) is 19.5 Å². The van der Waals surface area contributed by atoms with Crippen LogP contribution in [-0.4, -0.2) is 224 Å². The molecule has 25 N–H and O–H groups in total. The van der Waals surface area contributed by atoms with Gasteiger partial charge in [-0.15, -0.1) is 0 Å². The lowest BCUT2D eigenvalue weighted by Crippen LogP contribution is -2.68. The summed E-state index contributed by atoms with van der Waals surface area (Å²) in [7, 11) is -14.0. The Morgan fingerprint density at radius 2 is 0.807 bits per heavy atom. The number of hydrogen-bond acceptors (Lipinski definition) is 25. The summed E-state index contributed by atoms with van der Waals surface area (Å²) >= 11 is 0. The van der Waals surface area contributed by atoms with Gasteiger partial charge in [0.25, 0.3) is 0 Å². The van der Waals surface area contributed by atoms with Gasteiger partial charge < -0.3 is 98.6 Å². The predicted octanol–water partition coefficient (Wildman–Crippen LogP) is -10.9. The van der Waals surface area contributed by atoms with Crippen LogP contribution in [0.25, 0.3) is 0 Å². The average molecular weight is 909 g/mol. The molecule has 34 heteroatoms. The highest BCUT2D eigenvalue weighted by molar-refractivity contribution is 7.80. The number of rotatable bonds is 9. The maximum atomic E-state index is 11.1. The quantitative estimate of drug-likeness (QED) is 0.0955. The average Bonchev–Trinajstić information content (AvgIpc) is 3.36. The van der Waals surface area contributed by atoms with Crippen molar-refractivity contribution in [1.29, 1.82) is 0 Å². The van der Waals surface area contributed by atoms with Crippen LogP contribution in [0.15, 0.2) is 0 Å². The minimum Gasteiger partial charge on any atom is -0.394 e. The highest BCUT2D eigenvalue weighted by Gasteiger charge is 2.54. The summed E-state index contributed by atoms with van der Waals surface area (Å²) in [5, 5.41) is 73.0. The van der Waals surface area contributed by atoms with E-state index in [1.807, 2.05) is 0 Å². The van der Waals surface area contributed by atoms with Crippen LogP contribution in [0.4, 0.5) is 0 Å². The summed E-state index contributed by atoms with van der Waals surface area (Å²) in [4.78, 5) is 0. The molecule has 31 nitrogen and oxygen atoms in total. The molecule has 0 radical (unpaired) electrons. The van der Waals surface area contributed by atoms with E-state index in [4.69, 9.17) is 115 Å². The topological polar surface area (TPSA) is 577 Å². The lowest BCUT2D eigenvalue weighted by molar-refractivity contribution is -0.306. The summed E-state index contributed by atoms with van der Waals surface area (Å²) in [5.74, 6) is 0. The fourth-order valence-corrected chi connectivity index (χ4v) is 5.74. The molecule has 1 saturated carbocycles. The van der Waals surface area contributed by atoms with Crippen molar-refractivity contribution in [1.82, 2.24) is 0 Å². The molecule has 0 aromatic heterocycles. The SMILES string of the molecule is NC[C@@H]1OC(O[C@@H]2[C@@H](O)[C@H](O[C@H]3[C@@H](O)[C@H](N)C[C@H](N)[C@H]3O[C@H]3O[C@H](CN)[C@H](O)[C@H](O)[C@H]3N)O[C@@H]2CO)[C@H](N)[C@@H](O)[C@H]1O.O=S(=O)(O)O.O=S(=O)(O)O.O=S(=O)(O)O. The van der Waals surface area contributed by atoms with E-state index in [1.54, 1.807) is 0 Å².